The van der Waals surface area contributed by atoms with Gasteiger partial charge in [0.05, 0.1) is 16.5 Å². The molecule has 0 saturated carbocycles. The summed E-state index contributed by atoms with van der Waals surface area (Å²) in [4.78, 5) is 26.0. The Morgan fingerprint density at radius 2 is 1.96 bits per heavy atom. The molecule has 8 heteroatoms. The van der Waals surface area contributed by atoms with E-state index in [1.165, 1.54) is 6.08 Å². The molecule has 0 radical (unpaired) electrons. The predicted molar refractivity (Wildman–Crippen MR) is 110 cm³/mol. The molecule has 3 rings (SSSR count). The van der Waals surface area contributed by atoms with Crippen molar-refractivity contribution in [2.45, 2.75) is 6.92 Å². The minimum absolute atomic E-state index is 0.140. The zero-order valence-corrected chi connectivity index (χ0v) is 17.4. The first-order valence-corrected chi connectivity index (χ1v) is 9.97. The minimum atomic E-state index is -0.423. The molecule has 1 N–H and O–H groups in total. The molecule has 0 spiro atoms. The number of aryl methyl sites for hydroxylation is 1. The predicted octanol–water partition coefficient (Wildman–Crippen LogP) is 5.23. The molecule has 1 aliphatic heterocycles. The van der Waals surface area contributed by atoms with Gasteiger partial charge in [0.1, 0.15) is 18.1 Å². The minimum Gasteiger partial charge on any atom is -0.506 e. The summed E-state index contributed by atoms with van der Waals surface area (Å²) >= 11 is 10.0. The lowest BCUT2D eigenvalue weighted by Gasteiger charge is -2.13. The highest BCUT2D eigenvalue weighted by Crippen LogP contribution is 2.37. The highest BCUT2D eigenvalue weighted by Gasteiger charge is 2.35. The first kappa shape index (κ1) is 19.8. The molecule has 0 aromatic heterocycles. The number of halogens is 2. The molecule has 1 aliphatic rings. The maximum Gasteiger partial charge on any atom is 0.293 e. The lowest BCUT2D eigenvalue weighted by Crippen LogP contribution is -2.32. The van der Waals surface area contributed by atoms with Gasteiger partial charge in [-0.1, -0.05) is 45.2 Å². The van der Waals surface area contributed by atoms with Gasteiger partial charge in [-0.2, -0.15) is 0 Å². The van der Waals surface area contributed by atoms with Gasteiger partial charge in [-0.25, -0.2) is 0 Å². The summed E-state index contributed by atoms with van der Waals surface area (Å²) in [5.41, 5.74) is 1.48. The molecule has 1 fully saturated rings. The molecule has 2 aromatic carbocycles. The van der Waals surface area contributed by atoms with Crippen LogP contribution in [0.1, 0.15) is 11.1 Å². The van der Waals surface area contributed by atoms with Crippen LogP contribution in [0.2, 0.25) is 5.02 Å². The summed E-state index contributed by atoms with van der Waals surface area (Å²) in [6.45, 7) is 2.32. The molecule has 0 unspecified atom stereocenters. The number of thioether (sulfide) groups is 1. The van der Waals surface area contributed by atoms with E-state index in [1.807, 2.05) is 31.2 Å². The van der Waals surface area contributed by atoms with Crippen LogP contribution in [0.25, 0.3) is 6.08 Å². The normalized spacial score (nSPS) is 15.7. The van der Waals surface area contributed by atoms with E-state index in [2.05, 4.69) is 15.9 Å². The second kappa shape index (κ2) is 8.37. The van der Waals surface area contributed by atoms with Gasteiger partial charge >= 0.3 is 0 Å². The lowest BCUT2D eigenvalue weighted by atomic mass is 10.2. The summed E-state index contributed by atoms with van der Waals surface area (Å²) in [7, 11) is 0. The number of benzene rings is 2. The number of phenolic OH excluding ortho intramolecular Hbond substituents is 1. The van der Waals surface area contributed by atoms with E-state index in [0.717, 1.165) is 22.2 Å². The number of carbonyl (C=O) groups excluding carboxylic acids is 2. The molecular formula is C19H15BrClNO4S. The zero-order chi connectivity index (χ0) is 19.6. The summed E-state index contributed by atoms with van der Waals surface area (Å²) in [5, 5.41) is 9.83. The third-order valence-corrected chi connectivity index (χ3v) is 5.48. The Morgan fingerprint density at radius 1 is 1.26 bits per heavy atom. The number of imide groups is 1. The zero-order valence-electron chi connectivity index (χ0n) is 14.2. The molecule has 1 saturated heterocycles. The van der Waals surface area contributed by atoms with Gasteiger partial charge in [-0.3, -0.25) is 14.5 Å². The third-order valence-electron chi connectivity index (χ3n) is 3.82. The molecular weight excluding hydrogens is 454 g/mol. The first-order valence-electron chi connectivity index (χ1n) is 7.98. The smallest absolute Gasteiger partial charge is 0.293 e. The number of carbonyl (C=O) groups is 2. The summed E-state index contributed by atoms with van der Waals surface area (Å²) in [6.07, 6.45) is 1.46. The molecule has 140 valence electrons. The van der Waals surface area contributed by atoms with Crippen LogP contribution < -0.4 is 4.74 Å². The second-order valence-electron chi connectivity index (χ2n) is 5.82. The molecule has 5 nitrogen and oxygen atoms in total. The van der Waals surface area contributed by atoms with E-state index >= 15 is 0 Å². The van der Waals surface area contributed by atoms with E-state index in [9.17, 15) is 14.7 Å². The van der Waals surface area contributed by atoms with Gasteiger partial charge in [-0.15, -0.1) is 0 Å². The molecule has 1 heterocycles. The average Bonchev–Trinajstić information content (AvgIpc) is 2.88. The van der Waals surface area contributed by atoms with Gasteiger partial charge < -0.3 is 9.84 Å². The summed E-state index contributed by atoms with van der Waals surface area (Å²) in [6, 6.07) is 10.7. The van der Waals surface area contributed by atoms with E-state index < -0.39 is 5.91 Å². The highest BCUT2D eigenvalue weighted by atomic mass is 79.9. The fourth-order valence-electron chi connectivity index (χ4n) is 2.42. The van der Waals surface area contributed by atoms with Crippen molar-refractivity contribution in [3.8, 4) is 11.5 Å². The third kappa shape index (κ3) is 4.66. The van der Waals surface area contributed by atoms with E-state index in [-0.39, 0.29) is 34.1 Å². The Morgan fingerprint density at radius 3 is 2.67 bits per heavy atom. The van der Waals surface area contributed by atoms with E-state index in [0.29, 0.717) is 15.8 Å². The van der Waals surface area contributed by atoms with Crippen molar-refractivity contribution in [1.29, 1.82) is 0 Å². The maximum atomic E-state index is 12.5. The van der Waals surface area contributed by atoms with Crippen molar-refractivity contribution < 1.29 is 19.4 Å². The van der Waals surface area contributed by atoms with Gasteiger partial charge in [-0.05, 0) is 49.0 Å². The number of nitrogens with zero attached hydrogens (tertiary/aromatic N) is 1. The Balaban J connectivity index is 1.69. The number of rotatable bonds is 5. The van der Waals surface area contributed by atoms with Gasteiger partial charge in [0.25, 0.3) is 11.1 Å². The van der Waals surface area contributed by atoms with Crippen LogP contribution in [0.4, 0.5) is 4.79 Å². The topological polar surface area (TPSA) is 66.8 Å². The summed E-state index contributed by atoms with van der Waals surface area (Å²) in [5.74, 6) is 0.110. The number of amides is 2. The molecule has 27 heavy (non-hydrogen) atoms. The van der Waals surface area contributed by atoms with Gasteiger partial charge in [0.15, 0.2) is 0 Å². The van der Waals surface area contributed by atoms with E-state index in [4.69, 9.17) is 16.3 Å². The van der Waals surface area contributed by atoms with Crippen LogP contribution in [-0.2, 0) is 4.79 Å². The van der Waals surface area contributed by atoms with Crippen LogP contribution in [0.15, 0.2) is 45.8 Å². The van der Waals surface area contributed by atoms with Gasteiger partial charge in [0, 0.05) is 10.0 Å². The number of aromatic hydroxyl groups is 1. The number of hydrogen-bond acceptors (Lipinski definition) is 5. The SMILES string of the molecule is Cc1ccc(OCCN2C(=O)S/C(=C\c3cc(Br)cc(Cl)c3O)C2=O)cc1. The van der Waals surface area contributed by atoms with Crippen molar-refractivity contribution in [3.63, 3.8) is 0 Å². The Hall–Kier alpha value is -1.96. The Labute approximate surface area is 174 Å². The van der Waals surface area contributed by atoms with Crippen molar-refractivity contribution in [1.82, 2.24) is 4.90 Å². The fraction of sp³-hybridized carbons (Fsp3) is 0.158. The van der Waals surface area contributed by atoms with Crippen molar-refractivity contribution in [2.24, 2.45) is 0 Å². The largest absolute Gasteiger partial charge is 0.506 e. The summed E-state index contributed by atoms with van der Waals surface area (Å²) < 4.78 is 6.24. The van der Waals surface area contributed by atoms with Crippen LogP contribution >= 0.6 is 39.3 Å². The van der Waals surface area contributed by atoms with Crippen LogP contribution in [0.5, 0.6) is 11.5 Å². The van der Waals surface area contributed by atoms with Crippen molar-refractivity contribution in [2.75, 3.05) is 13.2 Å². The standard InChI is InChI=1S/C19H15BrClNO4S/c1-11-2-4-14(5-3-11)26-7-6-22-18(24)16(27-19(22)25)9-12-8-13(20)10-15(21)17(12)23/h2-5,8-10,23H,6-7H2,1H3/b16-9-. The first-order chi connectivity index (χ1) is 12.8. The van der Waals surface area contributed by atoms with Crippen LogP contribution in [0.3, 0.4) is 0 Å². The highest BCUT2D eigenvalue weighted by molar-refractivity contribution is 9.10. The molecule has 2 amide bonds. The quantitative estimate of drug-likeness (QED) is 0.609. The maximum absolute atomic E-state index is 12.5. The second-order valence-corrected chi connectivity index (χ2v) is 8.14. The molecule has 0 aliphatic carbocycles. The number of phenols is 1. The lowest BCUT2D eigenvalue weighted by molar-refractivity contribution is -0.123. The van der Waals surface area contributed by atoms with Crippen LogP contribution in [0, 0.1) is 6.92 Å². The van der Waals surface area contributed by atoms with Gasteiger partial charge in [0.2, 0.25) is 0 Å². The number of hydrogen-bond donors (Lipinski definition) is 1. The molecule has 0 bridgehead atoms. The van der Waals surface area contributed by atoms with Crippen LogP contribution in [-0.4, -0.2) is 34.3 Å². The monoisotopic (exact) mass is 467 g/mol. The van der Waals surface area contributed by atoms with Crippen molar-refractivity contribution >= 4 is 56.5 Å². The van der Waals surface area contributed by atoms with Crippen molar-refractivity contribution in [3.05, 3.63) is 61.9 Å². The van der Waals surface area contributed by atoms with E-state index in [1.54, 1.807) is 12.1 Å². The average molecular weight is 469 g/mol. The molecule has 0 atom stereocenters. The Kier molecular flexibility index (Phi) is 6.14. The number of ether oxygens (including phenoxy) is 1. The molecule has 2 aromatic rings. The fourth-order valence-corrected chi connectivity index (χ4v) is 4.11. The Bertz CT molecular complexity index is 930.